The first kappa shape index (κ1) is 39.5. The average Bonchev–Trinajstić information content (AvgIpc) is 3.55. The summed E-state index contributed by atoms with van der Waals surface area (Å²) in [5.41, 5.74) is 3.06. The predicted molar refractivity (Wildman–Crippen MR) is 202 cm³/mol. The average molecular weight is 760 g/mol. The van der Waals surface area contributed by atoms with Crippen molar-refractivity contribution in [3.8, 4) is 16.9 Å². The minimum Gasteiger partial charge on any atom is -0.508 e. The Bertz CT molecular complexity index is 2140. The van der Waals surface area contributed by atoms with Crippen molar-refractivity contribution in [2.75, 3.05) is 19.0 Å². The van der Waals surface area contributed by atoms with Gasteiger partial charge in [-0.2, -0.15) is 13.2 Å². The fourth-order valence-corrected chi connectivity index (χ4v) is 6.75. The van der Waals surface area contributed by atoms with Crippen molar-refractivity contribution in [3.05, 3.63) is 135 Å². The van der Waals surface area contributed by atoms with Gasteiger partial charge >= 0.3 is 12.3 Å². The fraction of sp³-hybridized carbons (Fsp3) is 0.250. The van der Waals surface area contributed by atoms with Crippen LogP contribution in [0.5, 0.6) is 5.75 Å². The Morgan fingerprint density at radius 2 is 1.63 bits per heavy atom. The fourth-order valence-electron chi connectivity index (χ4n) is 5.92. The summed E-state index contributed by atoms with van der Waals surface area (Å²) in [6.07, 6.45) is -5.36. The van der Waals surface area contributed by atoms with Crippen LogP contribution in [0, 0.1) is 6.92 Å². The number of anilines is 1. The van der Waals surface area contributed by atoms with Crippen LogP contribution < -0.4 is 15.5 Å². The minimum atomic E-state index is -4.49. The van der Waals surface area contributed by atoms with Gasteiger partial charge in [0.25, 0.3) is 11.8 Å². The molecular formula is C40H40F3N5O5S. The maximum Gasteiger partial charge on any atom is 0.416 e. The number of benzene rings is 4. The summed E-state index contributed by atoms with van der Waals surface area (Å²) >= 11 is 1.43. The number of alkyl halides is 3. The van der Waals surface area contributed by atoms with E-state index in [4.69, 9.17) is 0 Å². The molecule has 1 unspecified atom stereocenters. The third kappa shape index (κ3) is 10.2. The number of thiazole rings is 1. The first-order valence-electron chi connectivity index (χ1n) is 17.0. The number of nitrogens with one attached hydrogen (secondary N) is 2. The predicted octanol–water partition coefficient (Wildman–Crippen LogP) is 8.27. The van der Waals surface area contributed by atoms with E-state index in [2.05, 4.69) is 15.6 Å². The topological polar surface area (TPSA) is 135 Å². The van der Waals surface area contributed by atoms with E-state index >= 15 is 0 Å². The molecule has 0 saturated heterocycles. The number of aromatic nitrogens is 1. The molecule has 5 aromatic rings. The molecule has 0 bridgehead atoms. The number of aryl methyl sites for hydroxylation is 1. The number of halogens is 3. The third-order valence-electron chi connectivity index (χ3n) is 8.73. The van der Waals surface area contributed by atoms with Crippen LogP contribution in [0.4, 0.5) is 23.7 Å². The van der Waals surface area contributed by atoms with Crippen LogP contribution in [-0.2, 0) is 19.3 Å². The molecule has 2 atom stereocenters. The SMILES string of the molecule is Cc1csc(CN(C)C(=O)c2cc(C(=O)N[C@@H](C)CC(NCc3cccc(C(F)(F)F)c3)c3cccc(O)c3)cc(-c3cccc(N(C)C(=O)O)c3)c2)n1. The number of carbonyl (C=O) groups excluding carboxylic acids is 2. The number of nitrogens with zero attached hydrogens (tertiary/aromatic N) is 3. The molecule has 0 saturated carbocycles. The summed E-state index contributed by atoms with van der Waals surface area (Å²) in [6.45, 7) is 3.99. The largest absolute Gasteiger partial charge is 0.508 e. The molecule has 282 valence electrons. The zero-order chi connectivity index (χ0) is 39.2. The van der Waals surface area contributed by atoms with Crippen LogP contribution in [-0.4, -0.2) is 58.1 Å². The highest BCUT2D eigenvalue weighted by molar-refractivity contribution is 7.09. The van der Waals surface area contributed by atoms with Crippen LogP contribution in [0.25, 0.3) is 11.1 Å². The van der Waals surface area contributed by atoms with E-state index in [-0.39, 0.29) is 35.9 Å². The second-order valence-electron chi connectivity index (χ2n) is 13.1. The van der Waals surface area contributed by atoms with E-state index < -0.39 is 35.8 Å². The molecule has 5 rings (SSSR count). The van der Waals surface area contributed by atoms with Gasteiger partial charge in [-0.05, 0) is 91.1 Å². The minimum absolute atomic E-state index is 0.0117. The van der Waals surface area contributed by atoms with E-state index in [0.29, 0.717) is 34.4 Å². The third-order valence-corrected chi connectivity index (χ3v) is 9.68. The number of amides is 3. The number of phenols is 1. The Morgan fingerprint density at radius 1 is 0.907 bits per heavy atom. The Hall–Kier alpha value is -5.73. The number of hydrogen-bond acceptors (Lipinski definition) is 7. The van der Waals surface area contributed by atoms with Gasteiger partial charge in [-0.15, -0.1) is 11.3 Å². The molecule has 0 spiro atoms. The number of carbonyl (C=O) groups is 3. The monoisotopic (exact) mass is 759 g/mol. The number of carboxylic acid groups (broad SMARTS) is 1. The zero-order valence-corrected chi connectivity index (χ0v) is 30.8. The Labute approximate surface area is 314 Å². The lowest BCUT2D eigenvalue weighted by atomic mass is 9.97. The second kappa shape index (κ2) is 16.9. The van der Waals surface area contributed by atoms with Crippen molar-refractivity contribution in [2.24, 2.45) is 0 Å². The van der Waals surface area contributed by atoms with Crippen LogP contribution in [0.3, 0.4) is 0 Å². The van der Waals surface area contributed by atoms with Gasteiger partial charge in [-0.1, -0.05) is 42.5 Å². The van der Waals surface area contributed by atoms with Crippen LogP contribution in [0.1, 0.15) is 67.5 Å². The highest BCUT2D eigenvalue weighted by Gasteiger charge is 2.30. The summed E-state index contributed by atoms with van der Waals surface area (Å²) in [5.74, 6) is -0.825. The first-order valence-corrected chi connectivity index (χ1v) is 17.8. The van der Waals surface area contributed by atoms with Gasteiger partial charge in [0.05, 0.1) is 12.1 Å². The Morgan fingerprint density at radius 3 is 2.31 bits per heavy atom. The quantitative estimate of drug-likeness (QED) is 0.0950. The van der Waals surface area contributed by atoms with Gasteiger partial charge in [0.2, 0.25) is 0 Å². The summed E-state index contributed by atoms with van der Waals surface area (Å²) in [6, 6.07) is 22.0. The molecule has 54 heavy (non-hydrogen) atoms. The molecule has 0 aliphatic heterocycles. The van der Waals surface area contributed by atoms with Crippen molar-refractivity contribution in [3.63, 3.8) is 0 Å². The standard InChI is InChI=1S/C40H40F3N5O5S/c1-24(14-35(28-10-7-13-34(49)20-28)44-21-26-8-5-11-32(15-26)40(41,42)43)46-37(50)30-16-29(27-9-6-12-33(19-27)48(4)39(52)53)17-31(18-30)38(51)47(3)22-36-45-25(2)23-54-36/h5-13,15-20,23-24,35,44,49H,14,21-22H2,1-4H3,(H,46,50)(H,52,53)/t24-,35?/m0/s1. The van der Waals surface area contributed by atoms with Gasteiger partial charge in [0.1, 0.15) is 10.8 Å². The molecule has 0 radical (unpaired) electrons. The van der Waals surface area contributed by atoms with Gasteiger partial charge in [-0.25, -0.2) is 9.78 Å². The van der Waals surface area contributed by atoms with Gasteiger partial charge in [0, 0.05) is 60.6 Å². The zero-order valence-electron chi connectivity index (χ0n) is 30.0. The van der Waals surface area contributed by atoms with Gasteiger partial charge in [0.15, 0.2) is 0 Å². The molecule has 4 aromatic carbocycles. The molecule has 10 nitrogen and oxygen atoms in total. The van der Waals surface area contributed by atoms with Crippen LogP contribution in [0.15, 0.2) is 96.4 Å². The lowest BCUT2D eigenvalue weighted by Gasteiger charge is -2.24. The Kier molecular flexibility index (Phi) is 12.4. The van der Waals surface area contributed by atoms with E-state index in [1.54, 1.807) is 74.6 Å². The summed E-state index contributed by atoms with van der Waals surface area (Å²) < 4.78 is 40.1. The molecule has 1 aromatic heterocycles. The van der Waals surface area contributed by atoms with Gasteiger partial charge < -0.3 is 25.7 Å². The van der Waals surface area contributed by atoms with Crippen molar-refractivity contribution in [2.45, 2.75) is 51.6 Å². The molecule has 0 aliphatic rings. The lowest BCUT2D eigenvalue weighted by molar-refractivity contribution is -0.137. The van der Waals surface area contributed by atoms with Crippen molar-refractivity contribution in [1.29, 1.82) is 0 Å². The van der Waals surface area contributed by atoms with Gasteiger partial charge in [-0.3, -0.25) is 14.5 Å². The number of rotatable bonds is 13. The number of hydrogen-bond donors (Lipinski definition) is 4. The van der Waals surface area contributed by atoms with Crippen LogP contribution >= 0.6 is 11.3 Å². The molecule has 0 aliphatic carbocycles. The van der Waals surface area contributed by atoms with E-state index in [1.807, 2.05) is 12.3 Å². The van der Waals surface area contributed by atoms with Crippen molar-refractivity contribution < 1.29 is 37.8 Å². The second-order valence-corrected chi connectivity index (χ2v) is 14.0. The van der Waals surface area contributed by atoms with Crippen molar-refractivity contribution in [1.82, 2.24) is 20.5 Å². The summed E-state index contributed by atoms with van der Waals surface area (Å²) in [4.78, 5) is 46.4. The molecular weight excluding hydrogens is 720 g/mol. The highest BCUT2D eigenvalue weighted by Crippen LogP contribution is 2.31. The first-order chi connectivity index (χ1) is 25.6. The van der Waals surface area contributed by atoms with E-state index in [0.717, 1.165) is 27.7 Å². The van der Waals surface area contributed by atoms with E-state index in [1.165, 1.54) is 41.5 Å². The normalized spacial score (nSPS) is 12.5. The number of aromatic hydroxyl groups is 1. The van der Waals surface area contributed by atoms with Crippen LogP contribution in [0.2, 0.25) is 0 Å². The molecule has 4 N–H and O–H groups in total. The summed E-state index contributed by atoms with van der Waals surface area (Å²) in [7, 11) is 3.05. The molecule has 14 heteroatoms. The maximum atomic E-state index is 13.9. The molecule has 0 fully saturated rings. The van der Waals surface area contributed by atoms with E-state index in [9.17, 15) is 37.8 Å². The summed E-state index contributed by atoms with van der Waals surface area (Å²) in [5, 5.41) is 28.7. The molecule has 3 amide bonds. The number of phenolic OH excluding ortho intramolecular Hbond substituents is 1. The lowest BCUT2D eigenvalue weighted by Crippen LogP contribution is -2.36. The molecule has 1 heterocycles. The van der Waals surface area contributed by atoms with Crippen molar-refractivity contribution >= 4 is 34.9 Å². The smallest absolute Gasteiger partial charge is 0.416 e. The highest BCUT2D eigenvalue weighted by atomic mass is 32.1. The Balaban J connectivity index is 1.41. The maximum absolute atomic E-state index is 13.9.